The van der Waals surface area contributed by atoms with Crippen LogP contribution in [0.4, 0.5) is 4.39 Å². The van der Waals surface area contributed by atoms with Crippen molar-refractivity contribution in [3.05, 3.63) is 58.9 Å². The zero-order valence-electron chi connectivity index (χ0n) is 15.8. The molecule has 0 amide bonds. The van der Waals surface area contributed by atoms with E-state index in [0.717, 1.165) is 29.7 Å². The van der Waals surface area contributed by atoms with Crippen molar-refractivity contribution in [1.29, 1.82) is 0 Å². The third-order valence-electron chi connectivity index (χ3n) is 5.00. The molecule has 0 aliphatic carbocycles. The summed E-state index contributed by atoms with van der Waals surface area (Å²) in [6, 6.07) is 10.2. The lowest BCUT2D eigenvalue weighted by Crippen LogP contribution is -2.36. The van der Waals surface area contributed by atoms with Crippen LogP contribution in [0.15, 0.2) is 36.4 Å². The fourth-order valence-electron chi connectivity index (χ4n) is 3.57. The Morgan fingerprint density at radius 2 is 1.78 bits per heavy atom. The SMILES string of the molecule is COC(=O)C[C@H]1c2cc(OC)c(OC)cc2CCN1Cc1ccc(F)cc1. The van der Waals surface area contributed by atoms with E-state index in [0.29, 0.717) is 18.0 Å². The van der Waals surface area contributed by atoms with Gasteiger partial charge in [0.1, 0.15) is 5.82 Å². The molecule has 1 aliphatic rings. The van der Waals surface area contributed by atoms with E-state index < -0.39 is 0 Å². The molecule has 2 aromatic rings. The Morgan fingerprint density at radius 1 is 1.11 bits per heavy atom. The van der Waals surface area contributed by atoms with Gasteiger partial charge in [-0.1, -0.05) is 12.1 Å². The van der Waals surface area contributed by atoms with E-state index in [1.54, 1.807) is 26.4 Å². The van der Waals surface area contributed by atoms with Crippen LogP contribution in [0.3, 0.4) is 0 Å². The Hall–Kier alpha value is -2.60. The summed E-state index contributed by atoms with van der Waals surface area (Å²) in [4.78, 5) is 14.3. The first-order valence-corrected chi connectivity index (χ1v) is 8.85. The highest BCUT2D eigenvalue weighted by Gasteiger charge is 2.31. The fourth-order valence-corrected chi connectivity index (χ4v) is 3.57. The van der Waals surface area contributed by atoms with E-state index in [1.807, 2.05) is 12.1 Å². The summed E-state index contributed by atoms with van der Waals surface area (Å²) in [5.41, 5.74) is 3.17. The minimum atomic E-state index is -0.272. The van der Waals surface area contributed by atoms with Gasteiger partial charge in [-0.2, -0.15) is 0 Å². The maximum atomic E-state index is 13.2. The van der Waals surface area contributed by atoms with Crippen LogP contribution in [0.5, 0.6) is 11.5 Å². The quantitative estimate of drug-likeness (QED) is 0.726. The second kappa shape index (κ2) is 8.39. The lowest BCUT2D eigenvalue weighted by Gasteiger charge is -2.37. The predicted molar refractivity (Wildman–Crippen MR) is 99.4 cm³/mol. The van der Waals surface area contributed by atoms with Crippen LogP contribution in [0.2, 0.25) is 0 Å². The maximum Gasteiger partial charge on any atom is 0.307 e. The molecule has 0 radical (unpaired) electrons. The van der Waals surface area contributed by atoms with E-state index in [9.17, 15) is 9.18 Å². The largest absolute Gasteiger partial charge is 0.493 e. The molecule has 0 N–H and O–H groups in total. The highest BCUT2D eigenvalue weighted by atomic mass is 19.1. The molecule has 1 heterocycles. The number of nitrogens with zero attached hydrogens (tertiary/aromatic N) is 1. The minimum Gasteiger partial charge on any atom is -0.493 e. The van der Waals surface area contributed by atoms with Crippen molar-refractivity contribution in [2.75, 3.05) is 27.9 Å². The topological polar surface area (TPSA) is 48.0 Å². The number of halogens is 1. The van der Waals surface area contributed by atoms with Gasteiger partial charge in [-0.3, -0.25) is 9.69 Å². The molecular weight excluding hydrogens is 349 g/mol. The minimum absolute atomic E-state index is 0.147. The van der Waals surface area contributed by atoms with Gasteiger partial charge in [-0.05, 0) is 47.4 Å². The fraction of sp³-hybridized carbons (Fsp3) is 0.381. The first kappa shape index (κ1) is 19.2. The summed E-state index contributed by atoms with van der Waals surface area (Å²) < 4.78 is 29.0. The highest BCUT2D eigenvalue weighted by molar-refractivity contribution is 5.70. The van der Waals surface area contributed by atoms with Crippen LogP contribution in [0.1, 0.15) is 29.2 Å². The number of hydrogen-bond acceptors (Lipinski definition) is 5. The summed E-state index contributed by atoms with van der Waals surface area (Å²) >= 11 is 0. The van der Waals surface area contributed by atoms with Crippen molar-refractivity contribution in [2.24, 2.45) is 0 Å². The van der Waals surface area contributed by atoms with Crippen LogP contribution in [0.25, 0.3) is 0 Å². The zero-order chi connectivity index (χ0) is 19.4. The predicted octanol–water partition coefficient (Wildman–Crippen LogP) is 3.51. The van der Waals surface area contributed by atoms with Gasteiger partial charge in [0.2, 0.25) is 0 Å². The van der Waals surface area contributed by atoms with Crippen LogP contribution in [-0.4, -0.2) is 38.7 Å². The molecule has 0 fully saturated rings. The Kier molecular flexibility index (Phi) is 5.96. The first-order chi connectivity index (χ1) is 13.0. The van der Waals surface area contributed by atoms with Gasteiger partial charge in [-0.15, -0.1) is 0 Å². The molecule has 0 aromatic heterocycles. The molecule has 0 bridgehead atoms. The standard InChI is InChI=1S/C21H24FNO4/c1-25-19-10-15-8-9-23(13-14-4-6-16(22)7-5-14)18(12-21(24)27-3)17(15)11-20(19)26-2/h4-7,10-11,18H,8-9,12-13H2,1-3H3/t18-/m0/s1. The molecule has 27 heavy (non-hydrogen) atoms. The molecule has 1 aliphatic heterocycles. The van der Waals surface area contributed by atoms with Gasteiger partial charge in [-0.25, -0.2) is 4.39 Å². The van der Waals surface area contributed by atoms with E-state index in [-0.39, 0.29) is 24.2 Å². The Labute approximate surface area is 158 Å². The van der Waals surface area contributed by atoms with Crippen molar-refractivity contribution >= 4 is 5.97 Å². The summed E-state index contributed by atoms with van der Waals surface area (Å²) in [6.45, 7) is 1.40. The molecular formula is C21H24FNO4. The number of benzene rings is 2. The van der Waals surface area contributed by atoms with Crippen LogP contribution < -0.4 is 9.47 Å². The average Bonchev–Trinajstić information content (AvgIpc) is 2.70. The van der Waals surface area contributed by atoms with Crippen molar-refractivity contribution in [2.45, 2.75) is 25.4 Å². The monoisotopic (exact) mass is 373 g/mol. The molecule has 0 unspecified atom stereocenters. The summed E-state index contributed by atoms with van der Waals surface area (Å²) in [5.74, 6) is 0.784. The molecule has 6 heteroatoms. The normalized spacial score (nSPS) is 16.5. The second-order valence-electron chi connectivity index (χ2n) is 6.55. The summed E-state index contributed by atoms with van der Waals surface area (Å²) in [5, 5.41) is 0. The Bertz CT molecular complexity index is 807. The molecule has 5 nitrogen and oxygen atoms in total. The van der Waals surface area contributed by atoms with Crippen LogP contribution in [-0.2, 0) is 22.5 Å². The lowest BCUT2D eigenvalue weighted by molar-refractivity contribution is -0.142. The molecule has 0 spiro atoms. The number of methoxy groups -OCH3 is 3. The molecule has 1 atom stereocenters. The Balaban J connectivity index is 1.95. The molecule has 2 aromatic carbocycles. The molecule has 3 rings (SSSR count). The number of ether oxygens (including phenoxy) is 3. The van der Waals surface area contributed by atoms with E-state index in [1.165, 1.54) is 19.2 Å². The number of fused-ring (bicyclic) bond motifs is 1. The number of rotatable bonds is 6. The van der Waals surface area contributed by atoms with E-state index >= 15 is 0 Å². The van der Waals surface area contributed by atoms with Crippen LogP contribution >= 0.6 is 0 Å². The van der Waals surface area contributed by atoms with Gasteiger partial charge in [0, 0.05) is 19.1 Å². The maximum absolute atomic E-state index is 13.2. The van der Waals surface area contributed by atoms with Gasteiger partial charge >= 0.3 is 5.97 Å². The summed E-state index contributed by atoms with van der Waals surface area (Å²) in [6.07, 6.45) is 1.06. The van der Waals surface area contributed by atoms with E-state index in [4.69, 9.17) is 14.2 Å². The smallest absolute Gasteiger partial charge is 0.307 e. The van der Waals surface area contributed by atoms with Gasteiger partial charge < -0.3 is 14.2 Å². The third-order valence-corrected chi connectivity index (χ3v) is 5.00. The third kappa shape index (κ3) is 4.22. The van der Waals surface area contributed by atoms with Crippen LogP contribution in [0, 0.1) is 5.82 Å². The second-order valence-corrected chi connectivity index (χ2v) is 6.55. The Morgan fingerprint density at radius 3 is 2.41 bits per heavy atom. The first-order valence-electron chi connectivity index (χ1n) is 8.85. The van der Waals surface area contributed by atoms with Gasteiger partial charge in [0.15, 0.2) is 11.5 Å². The van der Waals surface area contributed by atoms with Crippen molar-refractivity contribution in [1.82, 2.24) is 4.90 Å². The molecule has 0 saturated carbocycles. The number of carbonyl (C=O) groups excluding carboxylic acids is 1. The lowest BCUT2D eigenvalue weighted by atomic mass is 9.89. The molecule has 0 saturated heterocycles. The van der Waals surface area contributed by atoms with E-state index in [2.05, 4.69) is 4.90 Å². The van der Waals surface area contributed by atoms with Crippen molar-refractivity contribution < 1.29 is 23.4 Å². The highest BCUT2D eigenvalue weighted by Crippen LogP contribution is 2.40. The number of hydrogen-bond donors (Lipinski definition) is 0. The average molecular weight is 373 g/mol. The summed E-state index contributed by atoms with van der Waals surface area (Å²) in [7, 11) is 4.60. The van der Waals surface area contributed by atoms with Gasteiger partial charge in [0.25, 0.3) is 0 Å². The number of esters is 1. The molecule has 144 valence electrons. The number of carbonyl (C=O) groups is 1. The van der Waals surface area contributed by atoms with Crippen molar-refractivity contribution in [3.63, 3.8) is 0 Å². The van der Waals surface area contributed by atoms with Crippen molar-refractivity contribution in [3.8, 4) is 11.5 Å². The van der Waals surface area contributed by atoms with Gasteiger partial charge in [0.05, 0.1) is 27.8 Å². The zero-order valence-corrected chi connectivity index (χ0v) is 15.8.